The van der Waals surface area contributed by atoms with E-state index in [1.54, 1.807) is 7.11 Å². The van der Waals surface area contributed by atoms with Crippen LogP contribution in [0.3, 0.4) is 0 Å². The molecule has 0 spiro atoms. The highest BCUT2D eigenvalue weighted by Crippen LogP contribution is 2.14. The predicted octanol–water partition coefficient (Wildman–Crippen LogP) is 2.91. The van der Waals surface area contributed by atoms with Crippen molar-refractivity contribution in [3.63, 3.8) is 0 Å². The zero-order chi connectivity index (χ0) is 13.2. The summed E-state index contributed by atoms with van der Waals surface area (Å²) in [6.45, 7) is 6.27. The van der Waals surface area contributed by atoms with Gasteiger partial charge < -0.3 is 10.5 Å². The van der Waals surface area contributed by atoms with Crippen molar-refractivity contribution in [1.29, 1.82) is 0 Å². The van der Waals surface area contributed by atoms with Gasteiger partial charge in [-0.05, 0) is 44.0 Å². The van der Waals surface area contributed by atoms with Gasteiger partial charge in [0.2, 0.25) is 0 Å². The van der Waals surface area contributed by atoms with E-state index >= 15 is 0 Å². The molecule has 1 rings (SSSR count). The summed E-state index contributed by atoms with van der Waals surface area (Å²) < 4.78 is 5.08. The molecule has 0 aliphatic rings. The van der Waals surface area contributed by atoms with E-state index in [0.29, 0.717) is 0 Å². The molecular weight excluding hydrogens is 224 g/mol. The Morgan fingerprint density at radius 2 is 1.94 bits per heavy atom. The zero-order valence-corrected chi connectivity index (χ0v) is 11.7. The first-order chi connectivity index (χ1) is 8.77. The molecule has 18 heavy (non-hydrogen) atoms. The van der Waals surface area contributed by atoms with E-state index < -0.39 is 0 Å². The maximum Gasteiger partial charge on any atom is 0.0462 e. The smallest absolute Gasteiger partial charge is 0.0462 e. The van der Waals surface area contributed by atoms with Crippen molar-refractivity contribution >= 4 is 5.69 Å². The Bertz CT molecular complexity index is 328. The average molecular weight is 250 g/mol. The molecule has 1 aromatic carbocycles. The third kappa shape index (κ3) is 5.52. The van der Waals surface area contributed by atoms with Crippen LogP contribution in [-0.2, 0) is 11.3 Å². The van der Waals surface area contributed by atoms with E-state index in [2.05, 4.69) is 24.0 Å². The number of nitrogen functional groups attached to an aromatic ring is 1. The third-order valence-electron chi connectivity index (χ3n) is 3.06. The number of nitrogens with two attached hydrogens (primary N) is 1. The number of hydrogen-bond acceptors (Lipinski definition) is 3. The molecule has 0 aliphatic heterocycles. The summed E-state index contributed by atoms with van der Waals surface area (Å²) in [6.07, 6.45) is 3.48. The number of benzene rings is 1. The molecule has 0 atom stereocenters. The van der Waals surface area contributed by atoms with Gasteiger partial charge in [-0.25, -0.2) is 0 Å². The van der Waals surface area contributed by atoms with Crippen LogP contribution in [0.15, 0.2) is 24.3 Å². The predicted molar refractivity (Wildman–Crippen MR) is 77.5 cm³/mol. The van der Waals surface area contributed by atoms with Crippen LogP contribution in [0, 0.1) is 0 Å². The molecule has 0 saturated heterocycles. The second-order valence-electron chi connectivity index (χ2n) is 4.67. The Hall–Kier alpha value is -1.06. The van der Waals surface area contributed by atoms with E-state index in [0.717, 1.165) is 38.3 Å². The van der Waals surface area contributed by atoms with Crippen molar-refractivity contribution < 1.29 is 4.74 Å². The lowest BCUT2D eigenvalue weighted by Gasteiger charge is -2.22. The summed E-state index contributed by atoms with van der Waals surface area (Å²) in [7, 11) is 1.76. The van der Waals surface area contributed by atoms with Crippen molar-refractivity contribution in [2.75, 3.05) is 32.5 Å². The molecule has 0 unspecified atom stereocenters. The molecule has 3 nitrogen and oxygen atoms in total. The highest BCUT2D eigenvalue weighted by Gasteiger charge is 2.06. The summed E-state index contributed by atoms with van der Waals surface area (Å²) in [5.41, 5.74) is 8.13. The SMILES string of the molecule is CCCN(CCCCOC)Cc1ccccc1N. The maximum absolute atomic E-state index is 5.99. The highest BCUT2D eigenvalue weighted by atomic mass is 16.5. The normalized spacial score (nSPS) is 11.1. The van der Waals surface area contributed by atoms with Crippen LogP contribution in [0.2, 0.25) is 0 Å². The van der Waals surface area contributed by atoms with Crippen molar-refractivity contribution in [2.45, 2.75) is 32.7 Å². The minimum Gasteiger partial charge on any atom is -0.398 e. The number of rotatable bonds is 9. The van der Waals surface area contributed by atoms with Gasteiger partial charge in [0.25, 0.3) is 0 Å². The highest BCUT2D eigenvalue weighted by molar-refractivity contribution is 5.46. The molecule has 0 heterocycles. The quantitative estimate of drug-likeness (QED) is 0.541. The largest absolute Gasteiger partial charge is 0.398 e. The molecule has 0 amide bonds. The topological polar surface area (TPSA) is 38.5 Å². The van der Waals surface area contributed by atoms with E-state index in [1.807, 2.05) is 12.1 Å². The van der Waals surface area contributed by atoms with Crippen LogP contribution in [0.5, 0.6) is 0 Å². The molecule has 0 fully saturated rings. The van der Waals surface area contributed by atoms with Crippen molar-refractivity contribution in [3.05, 3.63) is 29.8 Å². The lowest BCUT2D eigenvalue weighted by molar-refractivity contribution is 0.182. The molecule has 2 N–H and O–H groups in total. The van der Waals surface area contributed by atoms with Gasteiger partial charge in [-0.1, -0.05) is 25.1 Å². The summed E-state index contributed by atoms with van der Waals surface area (Å²) in [5, 5.41) is 0. The van der Waals surface area contributed by atoms with Crippen LogP contribution < -0.4 is 5.73 Å². The van der Waals surface area contributed by atoms with Crippen molar-refractivity contribution in [2.24, 2.45) is 0 Å². The molecule has 1 aromatic rings. The second-order valence-corrected chi connectivity index (χ2v) is 4.67. The number of hydrogen-bond donors (Lipinski definition) is 1. The number of nitrogens with zero attached hydrogens (tertiary/aromatic N) is 1. The fourth-order valence-electron chi connectivity index (χ4n) is 2.09. The number of unbranched alkanes of at least 4 members (excludes halogenated alkanes) is 1. The fourth-order valence-corrected chi connectivity index (χ4v) is 2.09. The van der Waals surface area contributed by atoms with Crippen LogP contribution in [0.4, 0.5) is 5.69 Å². The number of ether oxygens (including phenoxy) is 1. The van der Waals surface area contributed by atoms with Gasteiger partial charge in [0.05, 0.1) is 0 Å². The van der Waals surface area contributed by atoms with E-state index in [9.17, 15) is 0 Å². The van der Waals surface area contributed by atoms with Crippen molar-refractivity contribution in [1.82, 2.24) is 4.90 Å². The maximum atomic E-state index is 5.99. The van der Waals surface area contributed by atoms with Gasteiger partial charge in [-0.3, -0.25) is 4.90 Å². The van der Waals surface area contributed by atoms with E-state index in [1.165, 1.54) is 18.4 Å². The summed E-state index contributed by atoms with van der Waals surface area (Å²) in [5.74, 6) is 0. The van der Waals surface area contributed by atoms with Crippen LogP contribution >= 0.6 is 0 Å². The average Bonchev–Trinajstić information content (AvgIpc) is 2.37. The number of para-hydroxylation sites is 1. The third-order valence-corrected chi connectivity index (χ3v) is 3.06. The fraction of sp³-hybridized carbons (Fsp3) is 0.600. The zero-order valence-electron chi connectivity index (χ0n) is 11.7. The van der Waals surface area contributed by atoms with Crippen LogP contribution in [-0.4, -0.2) is 31.7 Å². The second kappa shape index (κ2) is 8.95. The monoisotopic (exact) mass is 250 g/mol. The molecule has 0 aromatic heterocycles. The summed E-state index contributed by atoms with van der Waals surface area (Å²) in [4.78, 5) is 2.47. The first-order valence-corrected chi connectivity index (χ1v) is 6.82. The minimum absolute atomic E-state index is 0.855. The molecule has 0 radical (unpaired) electrons. The first-order valence-electron chi connectivity index (χ1n) is 6.82. The Morgan fingerprint density at radius 1 is 1.17 bits per heavy atom. The Kier molecular flexibility index (Phi) is 7.46. The van der Waals surface area contributed by atoms with Crippen LogP contribution in [0.25, 0.3) is 0 Å². The molecule has 3 heteroatoms. The van der Waals surface area contributed by atoms with Gasteiger partial charge in [-0.2, -0.15) is 0 Å². The van der Waals surface area contributed by atoms with Gasteiger partial charge in [0.1, 0.15) is 0 Å². The lowest BCUT2D eigenvalue weighted by atomic mass is 10.1. The first kappa shape index (κ1) is 15.0. The molecule has 0 saturated carbocycles. The number of methoxy groups -OCH3 is 1. The molecular formula is C15H26N2O. The lowest BCUT2D eigenvalue weighted by Crippen LogP contribution is -2.26. The molecule has 0 aliphatic carbocycles. The summed E-state index contributed by atoms with van der Waals surface area (Å²) >= 11 is 0. The van der Waals surface area contributed by atoms with Crippen molar-refractivity contribution in [3.8, 4) is 0 Å². The molecule has 0 bridgehead atoms. The van der Waals surface area contributed by atoms with E-state index in [4.69, 9.17) is 10.5 Å². The van der Waals surface area contributed by atoms with Crippen LogP contribution in [0.1, 0.15) is 31.7 Å². The molecule has 102 valence electrons. The Morgan fingerprint density at radius 3 is 2.61 bits per heavy atom. The van der Waals surface area contributed by atoms with Gasteiger partial charge in [0, 0.05) is 25.9 Å². The van der Waals surface area contributed by atoms with Gasteiger partial charge >= 0.3 is 0 Å². The van der Waals surface area contributed by atoms with E-state index in [-0.39, 0.29) is 0 Å². The minimum atomic E-state index is 0.855. The Balaban J connectivity index is 2.44. The summed E-state index contributed by atoms with van der Waals surface area (Å²) in [6, 6.07) is 8.14. The van der Waals surface area contributed by atoms with Gasteiger partial charge in [0.15, 0.2) is 0 Å². The van der Waals surface area contributed by atoms with Gasteiger partial charge in [-0.15, -0.1) is 0 Å². The number of anilines is 1. The Labute approximate surface area is 111 Å². The standard InChI is InChI=1S/C15H26N2O/c1-3-10-17(11-6-7-12-18-2)13-14-8-4-5-9-15(14)16/h4-5,8-9H,3,6-7,10-13,16H2,1-2H3.